The second-order valence-electron chi connectivity index (χ2n) is 5.08. The molecule has 84 valence electrons. The fraction of sp³-hybridized carbons (Fsp3) is 0.692. The number of rotatable bonds is 1. The molecule has 0 aromatic rings. The third kappa shape index (κ3) is 1.72. The molecule has 3 atom stereocenters. The Hall–Kier alpha value is -0.0800. The van der Waals surface area contributed by atoms with Gasteiger partial charge < -0.3 is 5.11 Å². The van der Waals surface area contributed by atoms with Gasteiger partial charge in [-0.1, -0.05) is 34.5 Å². The third-order valence-electron chi connectivity index (χ3n) is 4.20. The highest BCUT2D eigenvalue weighted by Crippen LogP contribution is 2.55. The topological polar surface area (TPSA) is 20.2 Å². The first kappa shape index (κ1) is 11.4. The molecule has 0 aromatic carbocycles. The molecule has 15 heavy (non-hydrogen) atoms. The summed E-state index contributed by atoms with van der Waals surface area (Å²) in [7, 11) is 0. The Morgan fingerprint density at radius 2 is 2.40 bits per heavy atom. The van der Waals surface area contributed by atoms with Crippen LogP contribution in [0.5, 0.6) is 0 Å². The lowest BCUT2D eigenvalue weighted by molar-refractivity contribution is 0.158. The zero-order valence-electron chi connectivity index (χ0n) is 9.46. The number of halogens is 1. The molecular weight excluding hydrogens is 252 g/mol. The third-order valence-corrected chi connectivity index (χ3v) is 4.79. The van der Waals surface area contributed by atoms with Gasteiger partial charge in [0.25, 0.3) is 0 Å². The van der Waals surface area contributed by atoms with E-state index in [0.717, 1.165) is 6.42 Å². The average Bonchev–Trinajstić information content (AvgIpc) is 2.54. The van der Waals surface area contributed by atoms with Crippen molar-refractivity contribution in [3.05, 3.63) is 22.2 Å². The van der Waals surface area contributed by atoms with Gasteiger partial charge in [-0.2, -0.15) is 0 Å². The minimum atomic E-state index is -0.283. The molecule has 1 saturated carbocycles. The normalized spacial score (nSPS) is 40.1. The highest BCUT2D eigenvalue weighted by atomic mass is 79.9. The molecular formula is C13H19BrO. The molecule has 0 amide bonds. The summed E-state index contributed by atoms with van der Waals surface area (Å²) in [6, 6.07) is 0. The van der Waals surface area contributed by atoms with E-state index < -0.39 is 0 Å². The average molecular weight is 271 g/mol. The Labute approximate surface area is 100 Å². The van der Waals surface area contributed by atoms with Crippen molar-refractivity contribution in [2.45, 2.75) is 45.6 Å². The van der Waals surface area contributed by atoms with Crippen LogP contribution in [-0.2, 0) is 0 Å². The van der Waals surface area contributed by atoms with Crippen molar-refractivity contribution >= 4 is 15.9 Å². The van der Waals surface area contributed by atoms with Crippen LogP contribution in [0.1, 0.15) is 39.5 Å². The van der Waals surface area contributed by atoms with E-state index in [1.165, 1.54) is 30.4 Å². The van der Waals surface area contributed by atoms with Gasteiger partial charge in [-0.15, -0.1) is 0 Å². The molecule has 0 unspecified atom stereocenters. The van der Waals surface area contributed by atoms with Crippen LogP contribution < -0.4 is 0 Å². The maximum atomic E-state index is 9.82. The van der Waals surface area contributed by atoms with Crippen LogP contribution in [0, 0.1) is 11.3 Å². The van der Waals surface area contributed by atoms with Gasteiger partial charge in [0.05, 0.1) is 6.10 Å². The summed E-state index contributed by atoms with van der Waals surface area (Å²) >= 11 is 3.48. The molecule has 0 spiro atoms. The van der Waals surface area contributed by atoms with Gasteiger partial charge in [0.2, 0.25) is 0 Å². The second kappa shape index (κ2) is 4.06. The largest absolute Gasteiger partial charge is 0.389 e. The smallest absolute Gasteiger partial charge is 0.0727 e. The van der Waals surface area contributed by atoms with Crippen molar-refractivity contribution in [3.63, 3.8) is 0 Å². The van der Waals surface area contributed by atoms with Gasteiger partial charge in [-0.3, -0.25) is 0 Å². The summed E-state index contributed by atoms with van der Waals surface area (Å²) in [5, 5.41) is 9.82. The Morgan fingerprint density at radius 1 is 1.67 bits per heavy atom. The minimum absolute atomic E-state index is 0.214. The Morgan fingerprint density at radius 3 is 3.00 bits per heavy atom. The molecule has 1 nitrogen and oxygen atoms in total. The number of allylic oxidation sites excluding steroid dienone is 2. The van der Waals surface area contributed by atoms with Crippen LogP contribution in [0.3, 0.4) is 0 Å². The summed E-state index contributed by atoms with van der Waals surface area (Å²) in [6.45, 7) is 4.21. The Bertz CT molecular complexity index is 316. The van der Waals surface area contributed by atoms with Crippen molar-refractivity contribution in [1.29, 1.82) is 0 Å². The molecule has 0 saturated heterocycles. The van der Waals surface area contributed by atoms with E-state index in [1.807, 2.05) is 6.92 Å². The maximum Gasteiger partial charge on any atom is 0.0727 e. The van der Waals surface area contributed by atoms with Crippen LogP contribution in [0.2, 0.25) is 0 Å². The SMILES string of the molecule is C[C@H](O)C1=CC[C@H]2C(=CBr)CCC[C@@]12C. The Balaban J connectivity index is 2.32. The number of hydrogen-bond donors (Lipinski definition) is 1. The number of fused-ring (bicyclic) bond motifs is 1. The van der Waals surface area contributed by atoms with E-state index in [1.54, 1.807) is 0 Å². The number of aliphatic hydroxyl groups excluding tert-OH is 1. The van der Waals surface area contributed by atoms with Crippen molar-refractivity contribution in [2.24, 2.45) is 11.3 Å². The highest BCUT2D eigenvalue weighted by Gasteiger charge is 2.45. The molecule has 2 aliphatic rings. The first-order valence-electron chi connectivity index (χ1n) is 5.77. The first-order chi connectivity index (χ1) is 7.09. The van der Waals surface area contributed by atoms with Gasteiger partial charge in [-0.25, -0.2) is 0 Å². The van der Waals surface area contributed by atoms with E-state index in [4.69, 9.17) is 0 Å². The van der Waals surface area contributed by atoms with E-state index in [0.29, 0.717) is 5.92 Å². The quantitative estimate of drug-likeness (QED) is 0.719. The zero-order valence-corrected chi connectivity index (χ0v) is 11.0. The molecule has 1 fully saturated rings. The molecule has 1 N–H and O–H groups in total. The molecule has 2 heteroatoms. The van der Waals surface area contributed by atoms with Crippen molar-refractivity contribution < 1.29 is 5.11 Å². The monoisotopic (exact) mass is 270 g/mol. The van der Waals surface area contributed by atoms with E-state index >= 15 is 0 Å². The van der Waals surface area contributed by atoms with Gasteiger partial charge in [-0.05, 0) is 54.5 Å². The predicted octanol–water partition coefficient (Wildman–Crippen LogP) is 3.78. The van der Waals surface area contributed by atoms with Crippen molar-refractivity contribution in [2.75, 3.05) is 0 Å². The van der Waals surface area contributed by atoms with Crippen LogP contribution in [0.15, 0.2) is 22.2 Å². The first-order valence-corrected chi connectivity index (χ1v) is 6.69. The Kier molecular flexibility index (Phi) is 3.09. The number of aliphatic hydroxyl groups is 1. The summed E-state index contributed by atoms with van der Waals surface area (Å²) in [5.74, 6) is 0.621. The van der Waals surface area contributed by atoms with Crippen LogP contribution in [0.4, 0.5) is 0 Å². The van der Waals surface area contributed by atoms with E-state index in [9.17, 15) is 5.11 Å². The molecule has 0 aliphatic heterocycles. The summed E-state index contributed by atoms with van der Waals surface area (Å²) in [6.07, 6.45) is 6.76. The molecule has 0 aromatic heterocycles. The summed E-state index contributed by atoms with van der Waals surface area (Å²) in [4.78, 5) is 2.11. The molecule has 2 rings (SSSR count). The van der Waals surface area contributed by atoms with Gasteiger partial charge in [0, 0.05) is 0 Å². The molecule has 0 bridgehead atoms. The fourth-order valence-corrected chi connectivity index (χ4v) is 3.98. The standard InChI is InChI=1S/C13H19BrO/c1-9(15)11-5-6-12-10(8-14)4-3-7-13(11,12)2/h5,8-9,12,15H,3-4,6-7H2,1-2H3/t9-,12-,13-/m0/s1. The van der Waals surface area contributed by atoms with E-state index in [2.05, 4.69) is 33.9 Å². The van der Waals surface area contributed by atoms with Crippen LogP contribution in [0.25, 0.3) is 0 Å². The second-order valence-corrected chi connectivity index (χ2v) is 5.54. The lowest BCUT2D eigenvalue weighted by atomic mass is 9.64. The fourth-order valence-electron chi connectivity index (χ4n) is 3.43. The minimum Gasteiger partial charge on any atom is -0.389 e. The van der Waals surface area contributed by atoms with Gasteiger partial charge in [0.15, 0.2) is 0 Å². The lowest BCUT2D eigenvalue weighted by Crippen LogP contribution is -2.33. The lowest BCUT2D eigenvalue weighted by Gasteiger charge is -2.41. The van der Waals surface area contributed by atoms with Gasteiger partial charge >= 0.3 is 0 Å². The predicted molar refractivity (Wildman–Crippen MR) is 66.8 cm³/mol. The summed E-state index contributed by atoms with van der Waals surface area (Å²) < 4.78 is 0. The van der Waals surface area contributed by atoms with Gasteiger partial charge in [0.1, 0.15) is 0 Å². The maximum absolute atomic E-state index is 9.82. The van der Waals surface area contributed by atoms with Crippen molar-refractivity contribution in [1.82, 2.24) is 0 Å². The van der Waals surface area contributed by atoms with Crippen LogP contribution >= 0.6 is 15.9 Å². The van der Waals surface area contributed by atoms with Crippen molar-refractivity contribution in [3.8, 4) is 0 Å². The number of hydrogen-bond acceptors (Lipinski definition) is 1. The summed E-state index contributed by atoms with van der Waals surface area (Å²) in [5.41, 5.74) is 3.00. The highest BCUT2D eigenvalue weighted by molar-refractivity contribution is 9.11. The molecule has 0 radical (unpaired) electrons. The molecule has 2 aliphatic carbocycles. The van der Waals surface area contributed by atoms with E-state index in [-0.39, 0.29) is 11.5 Å². The molecule has 0 heterocycles. The zero-order chi connectivity index (χ0) is 11.1. The van der Waals surface area contributed by atoms with Crippen LogP contribution in [-0.4, -0.2) is 11.2 Å².